The molecule has 2 aromatic rings. The molecule has 1 aromatic carbocycles. The van der Waals surface area contributed by atoms with Gasteiger partial charge in [-0.3, -0.25) is 0 Å². The summed E-state index contributed by atoms with van der Waals surface area (Å²) in [6, 6.07) is 8.39. The summed E-state index contributed by atoms with van der Waals surface area (Å²) in [5, 5.41) is 0. The molecule has 3 rings (SSSR count). The van der Waals surface area contributed by atoms with Gasteiger partial charge in [-0.15, -0.1) is 0 Å². The molecule has 0 fully saturated rings. The van der Waals surface area contributed by atoms with Crippen LogP contribution in [0.15, 0.2) is 36.8 Å². The lowest BCUT2D eigenvalue weighted by Gasteiger charge is -2.31. The van der Waals surface area contributed by atoms with Gasteiger partial charge in [-0.05, 0) is 19.9 Å². The Balaban J connectivity index is 1.95. The maximum Gasteiger partial charge on any atom is 0.142 e. The Morgan fingerprint density at radius 2 is 2.16 bits per heavy atom. The molecule has 100 valence electrons. The van der Waals surface area contributed by atoms with Crippen molar-refractivity contribution in [3.8, 4) is 5.75 Å². The lowest BCUT2D eigenvalue weighted by Crippen LogP contribution is -2.25. The quantitative estimate of drug-likeness (QED) is 0.899. The maximum absolute atomic E-state index is 6.26. The van der Waals surface area contributed by atoms with Crippen molar-refractivity contribution >= 4 is 0 Å². The molecule has 4 heteroatoms. The van der Waals surface area contributed by atoms with Crippen molar-refractivity contribution in [2.75, 3.05) is 0 Å². The zero-order valence-corrected chi connectivity index (χ0v) is 11.3. The average Bonchev–Trinajstić information content (AvgIpc) is 2.88. The second kappa shape index (κ2) is 4.70. The van der Waals surface area contributed by atoms with E-state index in [1.54, 1.807) is 0 Å². The van der Waals surface area contributed by atoms with E-state index in [9.17, 15) is 0 Å². The lowest BCUT2D eigenvalue weighted by molar-refractivity contribution is 0.151. The van der Waals surface area contributed by atoms with Gasteiger partial charge >= 0.3 is 0 Å². The van der Waals surface area contributed by atoms with E-state index < -0.39 is 0 Å². The Hall–Kier alpha value is -1.81. The fourth-order valence-electron chi connectivity index (χ4n) is 2.63. The first-order valence-electron chi connectivity index (χ1n) is 6.69. The molecule has 0 saturated carbocycles. The van der Waals surface area contributed by atoms with Crippen molar-refractivity contribution in [1.29, 1.82) is 0 Å². The lowest BCUT2D eigenvalue weighted by atomic mass is 9.96. The predicted octanol–water partition coefficient (Wildman–Crippen LogP) is 2.99. The number of aromatic nitrogens is 2. The summed E-state index contributed by atoms with van der Waals surface area (Å²) in [5.41, 5.74) is 8.45. The fraction of sp³-hybridized carbons (Fsp3) is 0.400. The van der Waals surface area contributed by atoms with E-state index in [2.05, 4.69) is 23.4 Å². The highest BCUT2D eigenvalue weighted by atomic mass is 16.5. The predicted molar refractivity (Wildman–Crippen MR) is 74.0 cm³/mol. The normalized spacial score (nSPS) is 22.1. The minimum absolute atomic E-state index is 0.0187. The van der Waals surface area contributed by atoms with Crippen LogP contribution in [0, 0.1) is 0 Å². The zero-order valence-electron chi connectivity index (χ0n) is 11.3. The van der Waals surface area contributed by atoms with Crippen molar-refractivity contribution in [1.82, 2.24) is 9.55 Å². The number of nitrogens with zero attached hydrogens (tertiary/aromatic N) is 2. The minimum Gasteiger partial charge on any atom is -0.484 e. The van der Waals surface area contributed by atoms with Gasteiger partial charge in [0.25, 0.3) is 0 Å². The molecular formula is C15H19N3O. The van der Waals surface area contributed by atoms with Gasteiger partial charge in [-0.2, -0.15) is 0 Å². The molecule has 19 heavy (non-hydrogen) atoms. The number of fused-ring (bicyclic) bond motifs is 1. The van der Waals surface area contributed by atoms with Crippen LogP contribution < -0.4 is 10.5 Å². The molecule has 1 aliphatic heterocycles. The van der Waals surface area contributed by atoms with Gasteiger partial charge in [0.1, 0.15) is 11.9 Å². The number of imidazole rings is 1. The first-order valence-corrected chi connectivity index (χ1v) is 6.69. The van der Waals surface area contributed by atoms with Gasteiger partial charge < -0.3 is 15.0 Å². The summed E-state index contributed by atoms with van der Waals surface area (Å²) in [4.78, 5) is 4.24. The van der Waals surface area contributed by atoms with E-state index in [0.717, 1.165) is 23.4 Å². The summed E-state index contributed by atoms with van der Waals surface area (Å²) in [6.45, 7) is 4.28. The summed E-state index contributed by atoms with van der Waals surface area (Å²) in [5.74, 6) is 0.891. The average molecular weight is 257 g/mol. The third kappa shape index (κ3) is 2.12. The van der Waals surface area contributed by atoms with E-state index in [1.165, 1.54) is 0 Å². The van der Waals surface area contributed by atoms with Gasteiger partial charge in [0.15, 0.2) is 0 Å². The van der Waals surface area contributed by atoms with Gasteiger partial charge in [0.2, 0.25) is 0 Å². The smallest absolute Gasteiger partial charge is 0.142 e. The molecule has 0 bridgehead atoms. The van der Waals surface area contributed by atoms with Crippen LogP contribution in [0.4, 0.5) is 0 Å². The van der Waals surface area contributed by atoms with Crippen molar-refractivity contribution in [3.63, 3.8) is 0 Å². The van der Waals surface area contributed by atoms with Crippen LogP contribution in [-0.4, -0.2) is 9.55 Å². The molecule has 2 atom stereocenters. The summed E-state index contributed by atoms with van der Waals surface area (Å²) >= 11 is 0. The molecule has 2 N–H and O–H groups in total. The Kier molecular flexibility index (Phi) is 3.03. The van der Waals surface area contributed by atoms with E-state index in [4.69, 9.17) is 10.5 Å². The molecular weight excluding hydrogens is 238 g/mol. The number of hydrogen-bond acceptors (Lipinski definition) is 3. The summed E-state index contributed by atoms with van der Waals surface area (Å²) in [6.07, 6.45) is 4.51. The molecule has 1 aromatic heterocycles. The van der Waals surface area contributed by atoms with Crippen molar-refractivity contribution < 1.29 is 4.74 Å². The van der Waals surface area contributed by atoms with Crippen LogP contribution in [0.25, 0.3) is 0 Å². The number of hydrogen-bond donors (Lipinski definition) is 1. The molecule has 1 unspecified atom stereocenters. The Morgan fingerprint density at radius 3 is 2.95 bits per heavy atom. The highest BCUT2D eigenvalue weighted by Gasteiger charge is 2.29. The van der Waals surface area contributed by atoms with E-state index in [1.807, 2.05) is 36.8 Å². The van der Waals surface area contributed by atoms with Crippen LogP contribution in [0.5, 0.6) is 5.75 Å². The number of benzene rings is 1. The number of rotatable bonds is 2. The van der Waals surface area contributed by atoms with Gasteiger partial charge in [-0.25, -0.2) is 4.98 Å². The second-order valence-electron chi connectivity index (χ2n) is 5.31. The van der Waals surface area contributed by atoms with Crippen LogP contribution in [0.2, 0.25) is 0 Å². The summed E-state index contributed by atoms with van der Waals surface area (Å²) in [7, 11) is 0. The fourth-order valence-corrected chi connectivity index (χ4v) is 2.63. The molecule has 4 nitrogen and oxygen atoms in total. The SMILES string of the molecule is CC(C)n1cncc1C1C[C@@H](N)c2ccccc2O1. The first kappa shape index (κ1) is 12.2. The monoisotopic (exact) mass is 257 g/mol. The van der Waals surface area contributed by atoms with E-state index in [0.29, 0.717) is 6.04 Å². The first-order chi connectivity index (χ1) is 9.16. The number of ether oxygens (including phenoxy) is 1. The largest absolute Gasteiger partial charge is 0.484 e. The highest BCUT2D eigenvalue weighted by molar-refractivity contribution is 5.38. The van der Waals surface area contributed by atoms with Crippen LogP contribution in [-0.2, 0) is 0 Å². The van der Waals surface area contributed by atoms with Gasteiger partial charge in [0, 0.05) is 24.1 Å². The standard InChI is InChI=1S/C15H19N3O/c1-10(2)18-9-17-8-13(18)15-7-12(16)11-5-3-4-6-14(11)19-15/h3-6,8-10,12,15H,7,16H2,1-2H3/t12-,15?/m1/s1. The van der Waals surface area contributed by atoms with Crippen LogP contribution >= 0.6 is 0 Å². The molecule has 0 saturated heterocycles. The zero-order chi connectivity index (χ0) is 13.4. The molecule has 0 amide bonds. The van der Waals surface area contributed by atoms with Crippen LogP contribution in [0.3, 0.4) is 0 Å². The molecule has 0 aliphatic carbocycles. The molecule has 0 spiro atoms. The van der Waals surface area contributed by atoms with Gasteiger partial charge in [-0.1, -0.05) is 18.2 Å². The third-order valence-electron chi connectivity index (χ3n) is 3.64. The van der Waals surface area contributed by atoms with Crippen molar-refractivity contribution in [3.05, 3.63) is 48.0 Å². The highest BCUT2D eigenvalue weighted by Crippen LogP contribution is 2.39. The Bertz CT molecular complexity index is 576. The second-order valence-corrected chi connectivity index (χ2v) is 5.31. The topological polar surface area (TPSA) is 53.1 Å². The molecule has 0 radical (unpaired) electrons. The molecule has 1 aliphatic rings. The van der Waals surface area contributed by atoms with Crippen molar-refractivity contribution in [2.45, 2.75) is 38.5 Å². The number of nitrogens with two attached hydrogens (primary N) is 1. The number of para-hydroxylation sites is 1. The minimum atomic E-state index is -0.0187. The Labute approximate surface area is 113 Å². The third-order valence-corrected chi connectivity index (χ3v) is 3.64. The van der Waals surface area contributed by atoms with E-state index >= 15 is 0 Å². The maximum atomic E-state index is 6.26. The summed E-state index contributed by atoms with van der Waals surface area (Å²) < 4.78 is 8.24. The van der Waals surface area contributed by atoms with Crippen LogP contribution in [0.1, 0.15) is 49.7 Å². The molecule has 2 heterocycles. The van der Waals surface area contributed by atoms with Crippen molar-refractivity contribution in [2.24, 2.45) is 5.73 Å². The van der Waals surface area contributed by atoms with Gasteiger partial charge in [0.05, 0.1) is 18.2 Å². The van der Waals surface area contributed by atoms with E-state index in [-0.39, 0.29) is 12.1 Å². The Morgan fingerprint density at radius 1 is 1.37 bits per heavy atom.